The second-order valence-corrected chi connectivity index (χ2v) is 3.56. The fraction of sp³-hybridized carbons (Fsp3) is 0.545. The molecule has 0 saturated heterocycles. The third-order valence-corrected chi connectivity index (χ3v) is 2.24. The number of hydrogen-bond acceptors (Lipinski definition) is 3. The Morgan fingerprint density at radius 1 is 1.43 bits per heavy atom. The standard InChI is InChI=1S/C11H19N3/c1-14(9-6-12)8-3-5-11-4-2-7-13-10-11/h2,4,7,10H,3,5-6,8-9,12H2,1H3. The van der Waals surface area contributed by atoms with Gasteiger partial charge in [0.15, 0.2) is 0 Å². The van der Waals surface area contributed by atoms with Crippen LogP contribution in [0, 0.1) is 0 Å². The van der Waals surface area contributed by atoms with Gasteiger partial charge in [-0.2, -0.15) is 0 Å². The highest BCUT2D eigenvalue weighted by Crippen LogP contribution is 2.00. The first-order valence-corrected chi connectivity index (χ1v) is 5.10. The van der Waals surface area contributed by atoms with Crippen molar-refractivity contribution in [2.24, 2.45) is 5.73 Å². The first kappa shape index (κ1) is 11.1. The Bertz CT molecular complexity index is 236. The van der Waals surface area contributed by atoms with E-state index in [1.165, 1.54) is 12.0 Å². The van der Waals surface area contributed by atoms with E-state index in [4.69, 9.17) is 5.73 Å². The van der Waals surface area contributed by atoms with Gasteiger partial charge in [-0.15, -0.1) is 0 Å². The quantitative estimate of drug-likeness (QED) is 0.730. The maximum Gasteiger partial charge on any atom is 0.0299 e. The zero-order valence-corrected chi connectivity index (χ0v) is 8.82. The van der Waals surface area contributed by atoms with Crippen molar-refractivity contribution in [1.82, 2.24) is 9.88 Å². The summed E-state index contributed by atoms with van der Waals surface area (Å²) in [5.41, 5.74) is 6.77. The summed E-state index contributed by atoms with van der Waals surface area (Å²) in [6.45, 7) is 2.82. The second kappa shape index (κ2) is 6.51. The van der Waals surface area contributed by atoms with E-state index in [0.717, 1.165) is 26.1 Å². The van der Waals surface area contributed by atoms with Gasteiger partial charge < -0.3 is 10.6 Å². The van der Waals surface area contributed by atoms with E-state index in [1.807, 2.05) is 18.5 Å². The average Bonchev–Trinajstić information content (AvgIpc) is 2.20. The molecule has 0 aliphatic rings. The third-order valence-electron chi connectivity index (χ3n) is 2.24. The molecule has 0 unspecified atom stereocenters. The van der Waals surface area contributed by atoms with Crippen molar-refractivity contribution in [3.8, 4) is 0 Å². The predicted molar refractivity (Wildman–Crippen MR) is 59.1 cm³/mol. The van der Waals surface area contributed by atoms with Gasteiger partial charge in [0.05, 0.1) is 0 Å². The van der Waals surface area contributed by atoms with Gasteiger partial charge in [0, 0.05) is 25.5 Å². The summed E-state index contributed by atoms with van der Waals surface area (Å²) in [6, 6.07) is 4.11. The molecule has 0 atom stereocenters. The van der Waals surface area contributed by atoms with Gasteiger partial charge in [0.2, 0.25) is 0 Å². The Balaban J connectivity index is 2.16. The van der Waals surface area contributed by atoms with Gasteiger partial charge in [0.1, 0.15) is 0 Å². The van der Waals surface area contributed by atoms with Crippen LogP contribution in [0.5, 0.6) is 0 Å². The van der Waals surface area contributed by atoms with E-state index >= 15 is 0 Å². The van der Waals surface area contributed by atoms with Crippen molar-refractivity contribution >= 4 is 0 Å². The van der Waals surface area contributed by atoms with Crippen LogP contribution in [0.1, 0.15) is 12.0 Å². The van der Waals surface area contributed by atoms with Crippen LogP contribution in [0.15, 0.2) is 24.5 Å². The van der Waals surface area contributed by atoms with E-state index < -0.39 is 0 Å². The topological polar surface area (TPSA) is 42.1 Å². The van der Waals surface area contributed by atoms with E-state index in [9.17, 15) is 0 Å². The fourth-order valence-corrected chi connectivity index (χ4v) is 1.43. The first-order chi connectivity index (χ1) is 6.83. The monoisotopic (exact) mass is 193 g/mol. The zero-order chi connectivity index (χ0) is 10.2. The highest BCUT2D eigenvalue weighted by molar-refractivity contribution is 5.08. The van der Waals surface area contributed by atoms with Crippen molar-refractivity contribution in [1.29, 1.82) is 0 Å². The van der Waals surface area contributed by atoms with Crippen molar-refractivity contribution in [3.05, 3.63) is 30.1 Å². The molecule has 0 amide bonds. The van der Waals surface area contributed by atoms with Gasteiger partial charge in [-0.25, -0.2) is 0 Å². The number of hydrogen-bond donors (Lipinski definition) is 1. The molecule has 1 rings (SSSR count). The predicted octanol–water partition coefficient (Wildman–Crippen LogP) is 0.905. The van der Waals surface area contributed by atoms with Crippen molar-refractivity contribution in [2.75, 3.05) is 26.7 Å². The maximum absolute atomic E-state index is 5.46. The fourth-order valence-electron chi connectivity index (χ4n) is 1.43. The lowest BCUT2D eigenvalue weighted by atomic mass is 10.1. The lowest BCUT2D eigenvalue weighted by Gasteiger charge is -2.14. The lowest BCUT2D eigenvalue weighted by molar-refractivity contribution is 0.338. The first-order valence-electron chi connectivity index (χ1n) is 5.10. The van der Waals surface area contributed by atoms with Crippen LogP contribution in [0.4, 0.5) is 0 Å². The Labute approximate surface area is 85.9 Å². The van der Waals surface area contributed by atoms with Crippen LogP contribution >= 0.6 is 0 Å². The lowest BCUT2D eigenvalue weighted by Crippen LogP contribution is -2.26. The molecule has 3 nitrogen and oxygen atoms in total. The van der Waals surface area contributed by atoms with Gasteiger partial charge in [-0.3, -0.25) is 4.98 Å². The summed E-state index contributed by atoms with van der Waals surface area (Å²) in [5.74, 6) is 0. The number of likely N-dealkylation sites (N-methyl/N-ethyl adjacent to an activating group) is 1. The van der Waals surface area contributed by atoms with Crippen LogP contribution in [0.3, 0.4) is 0 Å². The molecule has 1 aromatic heterocycles. The van der Waals surface area contributed by atoms with Crippen LogP contribution in [-0.4, -0.2) is 36.6 Å². The molecule has 1 aromatic rings. The average molecular weight is 193 g/mol. The largest absolute Gasteiger partial charge is 0.329 e. The van der Waals surface area contributed by atoms with Crippen molar-refractivity contribution in [2.45, 2.75) is 12.8 Å². The van der Waals surface area contributed by atoms with E-state index in [-0.39, 0.29) is 0 Å². The molecule has 0 fully saturated rings. The van der Waals surface area contributed by atoms with Crippen LogP contribution in [-0.2, 0) is 6.42 Å². The molecule has 0 aromatic carbocycles. The molecule has 78 valence electrons. The molecule has 0 aliphatic carbocycles. The minimum Gasteiger partial charge on any atom is -0.329 e. The molecule has 0 radical (unpaired) electrons. The molecule has 0 saturated carbocycles. The van der Waals surface area contributed by atoms with Gasteiger partial charge in [-0.05, 0) is 38.1 Å². The summed E-state index contributed by atoms with van der Waals surface area (Å²) < 4.78 is 0. The Morgan fingerprint density at radius 2 is 2.29 bits per heavy atom. The molecule has 2 N–H and O–H groups in total. The third kappa shape index (κ3) is 4.35. The molecule has 14 heavy (non-hydrogen) atoms. The summed E-state index contributed by atoms with van der Waals surface area (Å²) >= 11 is 0. The number of nitrogens with two attached hydrogens (primary N) is 1. The summed E-state index contributed by atoms with van der Waals surface area (Å²) in [5, 5.41) is 0. The number of nitrogens with zero attached hydrogens (tertiary/aromatic N) is 2. The van der Waals surface area contributed by atoms with Crippen LogP contribution in [0.25, 0.3) is 0 Å². The summed E-state index contributed by atoms with van der Waals surface area (Å²) in [6.07, 6.45) is 6.01. The molecular weight excluding hydrogens is 174 g/mol. The molecule has 3 heteroatoms. The van der Waals surface area contributed by atoms with Gasteiger partial charge in [-0.1, -0.05) is 6.07 Å². The van der Waals surface area contributed by atoms with E-state index in [1.54, 1.807) is 0 Å². The smallest absolute Gasteiger partial charge is 0.0299 e. The van der Waals surface area contributed by atoms with Crippen molar-refractivity contribution < 1.29 is 0 Å². The highest BCUT2D eigenvalue weighted by Gasteiger charge is 1.97. The van der Waals surface area contributed by atoms with Crippen LogP contribution < -0.4 is 5.73 Å². The second-order valence-electron chi connectivity index (χ2n) is 3.56. The van der Waals surface area contributed by atoms with Gasteiger partial charge >= 0.3 is 0 Å². The van der Waals surface area contributed by atoms with Crippen molar-refractivity contribution in [3.63, 3.8) is 0 Å². The normalized spacial score (nSPS) is 10.8. The molecule has 0 bridgehead atoms. The number of aryl methyl sites for hydroxylation is 1. The van der Waals surface area contributed by atoms with Gasteiger partial charge in [0.25, 0.3) is 0 Å². The number of rotatable bonds is 6. The Morgan fingerprint density at radius 3 is 2.93 bits per heavy atom. The number of aromatic nitrogens is 1. The molecule has 0 spiro atoms. The van der Waals surface area contributed by atoms with E-state index in [2.05, 4.69) is 23.0 Å². The number of pyridine rings is 1. The summed E-state index contributed by atoms with van der Waals surface area (Å²) in [4.78, 5) is 6.35. The minimum absolute atomic E-state index is 0.739. The Hall–Kier alpha value is -0.930. The maximum atomic E-state index is 5.46. The van der Waals surface area contributed by atoms with Crippen LogP contribution in [0.2, 0.25) is 0 Å². The van der Waals surface area contributed by atoms with E-state index in [0.29, 0.717) is 0 Å². The molecular formula is C11H19N3. The molecule has 1 heterocycles. The highest BCUT2D eigenvalue weighted by atomic mass is 15.1. The summed E-state index contributed by atoms with van der Waals surface area (Å²) in [7, 11) is 2.11. The minimum atomic E-state index is 0.739. The SMILES string of the molecule is CN(CCN)CCCc1cccnc1. The Kier molecular flexibility index (Phi) is 5.19. The zero-order valence-electron chi connectivity index (χ0n) is 8.82. The molecule has 0 aliphatic heterocycles.